The van der Waals surface area contributed by atoms with Gasteiger partial charge in [-0.2, -0.15) is 0 Å². The summed E-state index contributed by atoms with van der Waals surface area (Å²) in [6.07, 6.45) is 1.41. The standard InChI is InChI=1S/C15H24N2O2S/c1-11(2)17-6-5-12(10-17)8-16-9-14-4-3-13(20-14)7-15(18)19/h3-4,11-12,16H,5-10H2,1-2H3,(H,18,19). The van der Waals surface area contributed by atoms with Crippen molar-refractivity contribution in [2.24, 2.45) is 5.92 Å². The van der Waals surface area contributed by atoms with Crippen molar-refractivity contribution in [2.45, 2.75) is 39.3 Å². The van der Waals surface area contributed by atoms with Gasteiger partial charge in [0.05, 0.1) is 6.42 Å². The van der Waals surface area contributed by atoms with E-state index < -0.39 is 5.97 Å². The smallest absolute Gasteiger partial charge is 0.308 e. The van der Waals surface area contributed by atoms with Crippen molar-refractivity contribution in [3.8, 4) is 0 Å². The number of hydrogen-bond acceptors (Lipinski definition) is 4. The average Bonchev–Trinajstić information content (AvgIpc) is 2.98. The Labute approximate surface area is 124 Å². The van der Waals surface area contributed by atoms with Crippen LogP contribution in [0.5, 0.6) is 0 Å². The van der Waals surface area contributed by atoms with E-state index in [0.29, 0.717) is 6.04 Å². The van der Waals surface area contributed by atoms with Crippen molar-refractivity contribution in [1.82, 2.24) is 10.2 Å². The highest BCUT2D eigenvalue weighted by molar-refractivity contribution is 7.12. The molecule has 0 radical (unpaired) electrons. The molecule has 0 aromatic carbocycles. The van der Waals surface area contributed by atoms with Crippen LogP contribution < -0.4 is 5.32 Å². The Hall–Kier alpha value is -0.910. The lowest BCUT2D eigenvalue weighted by atomic mass is 10.1. The van der Waals surface area contributed by atoms with Gasteiger partial charge in [-0.1, -0.05) is 0 Å². The molecule has 1 aromatic heterocycles. The first-order valence-corrected chi connectivity index (χ1v) is 8.10. The number of carboxylic acids is 1. The van der Waals surface area contributed by atoms with Crippen LogP contribution in [0.15, 0.2) is 12.1 Å². The second-order valence-corrected chi connectivity index (χ2v) is 7.07. The fraction of sp³-hybridized carbons (Fsp3) is 0.667. The first-order valence-electron chi connectivity index (χ1n) is 7.28. The molecule has 2 rings (SSSR count). The molecular weight excluding hydrogens is 272 g/mol. The average molecular weight is 296 g/mol. The predicted octanol–water partition coefficient (Wildman–Crippen LogP) is 2.20. The van der Waals surface area contributed by atoms with E-state index in [-0.39, 0.29) is 6.42 Å². The molecule has 1 atom stereocenters. The molecule has 0 spiro atoms. The zero-order valence-corrected chi connectivity index (χ0v) is 13.1. The SMILES string of the molecule is CC(C)N1CCC(CNCc2ccc(CC(=O)O)s2)C1. The number of hydrogen-bond donors (Lipinski definition) is 2. The molecule has 112 valence electrons. The molecule has 4 nitrogen and oxygen atoms in total. The number of nitrogens with one attached hydrogen (secondary N) is 1. The number of likely N-dealkylation sites (tertiary alicyclic amines) is 1. The minimum absolute atomic E-state index is 0.136. The Balaban J connectivity index is 1.68. The predicted molar refractivity (Wildman–Crippen MR) is 82.2 cm³/mol. The van der Waals surface area contributed by atoms with Gasteiger partial charge in [-0.25, -0.2) is 0 Å². The fourth-order valence-corrected chi connectivity index (χ4v) is 3.64. The quantitative estimate of drug-likeness (QED) is 0.810. The number of rotatable bonds is 7. The summed E-state index contributed by atoms with van der Waals surface area (Å²) >= 11 is 1.60. The number of thiophene rings is 1. The summed E-state index contributed by atoms with van der Waals surface area (Å²) in [5.41, 5.74) is 0. The molecule has 1 aliphatic heterocycles. The van der Waals surface area contributed by atoms with Gasteiger partial charge < -0.3 is 15.3 Å². The van der Waals surface area contributed by atoms with Crippen LogP contribution in [0.4, 0.5) is 0 Å². The highest BCUT2D eigenvalue weighted by Crippen LogP contribution is 2.19. The number of carbonyl (C=O) groups is 1. The summed E-state index contributed by atoms with van der Waals surface area (Å²) in [6.45, 7) is 8.82. The highest BCUT2D eigenvalue weighted by atomic mass is 32.1. The van der Waals surface area contributed by atoms with Gasteiger partial charge >= 0.3 is 5.97 Å². The lowest BCUT2D eigenvalue weighted by molar-refractivity contribution is -0.136. The molecule has 1 aliphatic rings. The zero-order valence-electron chi connectivity index (χ0n) is 12.3. The second kappa shape index (κ2) is 7.20. The Morgan fingerprint density at radius 2 is 2.25 bits per heavy atom. The van der Waals surface area contributed by atoms with Gasteiger partial charge in [-0.05, 0) is 51.4 Å². The van der Waals surface area contributed by atoms with Crippen molar-refractivity contribution in [2.75, 3.05) is 19.6 Å². The second-order valence-electron chi connectivity index (χ2n) is 5.81. The molecule has 1 unspecified atom stereocenters. The molecule has 2 N–H and O–H groups in total. The fourth-order valence-electron chi connectivity index (χ4n) is 2.66. The third-order valence-corrected chi connectivity index (χ3v) is 4.91. The van der Waals surface area contributed by atoms with E-state index in [2.05, 4.69) is 24.1 Å². The maximum Gasteiger partial charge on any atom is 0.308 e. The molecule has 0 amide bonds. The highest BCUT2D eigenvalue weighted by Gasteiger charge is 2.23. The third kappa shape index (κ3) is 4.58. The maximum atomic E-state index is 10.6. The van der Waals surface area contributed by atoms with E-state index in [1.165, 1.54) is 24.4 Å². The number of nitrogens with zero attached hydrogens (tertiary/aromatic N) is 1. The minimum Gasteiger partial charge on any atom is -0.481 e. The first kappa shape index (κ1) is 15.5. The van der Waals surface area contributed by atoms with E-state index in [0.717, 1.165) is 23.9 Å². The Morgan fingerprint density at radius 1 is 1.50 bits per heavy atom. The lowest BCUT2D eigenvalue weighted by Gasteiger charge is -2.20. The monoisotopic (exact) mass is 296 g/mol. The van der Waals surface area contributed by atoms with Crippen molar-refractivity contribution < 1.29 is 9.90 Å². The Bertz CT molecular complexity index is 445. The van der Waals surface area contributed by atoms with Crippen LogP contribution in [0.2, 0.25) is 0 Å². The molecular formula is C15H24N2O2S. The van der Waals surface area contributed by atoms with Gasteiger partial charge in [-0.15, -0.1) is 11.3 Å². The van der Waals surface area contributed by atoms with Gasteiger partial charge in [0.2, 0.25) is 0 Å². The summed E-state index contributed by atoms with van der Waals surface area (Å²) in [7, 11) is 0. The normalized spacial score (nSPS) is 19.9. The molecule has 5 heteroatoms. The zero-order chi connectivity index (χ0) is 14.5. The van der Waals surface area contributed by atoms with Crippen LogP contribution >= 0.6 is 11.3 Å². The van der Waals surface area contributed by atoms with Crippen LogP contribution in [0.25, 0.3) is 0 Å². The summed E-state index contributed by atoms with van der Waals surface area (Å²) in [5.74, 6) is -0.0121. The van der Waals surface area contributed by atoms with Crippen molar-refractivity contribution >= 4 is 17.3 Å². The van der Waals surface area contributed by atoms with Crippen LogP contribution in [0, 0.1) is 5.92 Å². The van der Waals surface area contributed by atoms with Gasteiger partial charge in [-0.3, -0.25) is 4.79 Å². The summed E-state index contributed by atoms with van der Waals surface area (Å²) in [6, 6.07) is 4.60. The van der Waals surface area contributed by atoms with E-state index in [1.54, 1.807) is 11.3 Å². The minimum atomic E-state index is -0.758. The number of carboxylic acid groups (broad SMARTS) is 1. The third-order valence-electron chi connectivity index (χ3n) is 3.82. The van der Waals surface area contributed by atoms with E-state index in [1.807, 2.05) is 12.1 Å². The van der Waals surface area contributed by atoms with E-state index in [9.17, 15) is 4.79 Å². The van der Waals surface area contributed by atoms with E-state index >= 15 is 0 Å². The molecule has 20 heavy (non-hydrogen) atoms. The first-order chi connectivity index (χ1) is 9.54. The molecule has 2 heterocycles. The largest absolute Gasteiger partial charge is 0.481 e. The van der Waals surface area contributed by atoms with E-state index in [4.69, 9.17) is 5.11 Å². The summed E-state index contributed by atoms with van der Waals surface area (Å²) < 4.78 is 0. The van der Waals surface area contributed by atoms with Crippen molar-refractivity contribution in [3.05, 3.63) is 21.9 Å². The van der Waals surface area contributed by atoms with Crippen LogP contribution in [-0.2, 0) is 17.8 Å². The summed E-state index contributed by atoms with van der Waals surface area (Å²) in [5, 5.41) is 12.3. The Morgan fingerprint density at radius 3 is 2.90 bits per heavy atom. The lowest BCUT2D eigenvalue weighted by Crippen LogP contribution is -2.30. The molecule has 1 fully saturated rings. The van der Waals surface area contributed by atoms with Crippen LogP contribution in [0.1, 0.15) is 30.0 Å². The summed E-state index contributed by atoms with van der Waals surface area (Å²) in [4.78, 5) is 15.3. The van der Waals surface area contributed by atoms with Crippen LogP contribution in [-0.4, -0.2) is 41.7 Å². The van der Waals surface area contributed by atoms with Crippen molar-refractivity contribution in [1.29, 1.82) is 0 Å². The molecule has 1 saturated heterocycles. The van der Waals surface area contributed by atoms with Gasteiger partial charge in [0.25, 0.3) is 0 Å². The molecule has 0 saturated carbocycles. The number of aliphatic carboxylic acids is 1. The molecule has 0 bridgehead atoms. The Kier molecular flexibility index (Phi) is 5.57. The van der Waals surface area contributed by atoms with Crippen LogP contribution in [0.3, 0.4) is 0 Å². The van der Waals surface area contributed by atoms with Crippen molar-refractivity contribution in [3.63, 3.8) is 0 Å². The maximum absolute atomic E-state index is 10.6. The molecule has 1 aromatic rings. The van der Waals surface area contributed by atoms with Gasteiger partial charge in [0.1, 0.15) is 0 Å². The van der Waals surface area contributed by atoms with Gasteiger partial charge in [0, 0.05) is 28.9 Å². The topological polar surface area (TPSA) is 52.6 Å². The van der Waals surface area contributed by atoms with Gasteiger partial charge in [0.15, 0.2) is 0 Å². The molecule has 0 aliphatic carbocycles.